The molecule has 0 radical (unpaired) electrons. The number of rotatable bonds is 5. The van der Waals surface area contributed by atoms with E-state index in [1.807, 2.05) is 12.1 Å². The maximum atomic E-state index is 12.5. The van der Waals surface area contributed by atoms with Gasteiger partial charge in [-0.3, -0.25) is 14.5 Å². The SMILES string of the molecule is O=C1[C@H]2CCCC[C@H]2C(=O)N1C[C@@H](O)CO[C@H]1CCCc2ccccc21. The fourth-order valence-electron chi connectivity index (χ4n) is 4.78. The van der Waals surface area contributed by atoms with Crippen molar-refractivity contribution in [1.82, 2.24) is 4.90 Å². The van der Waals surface area contributed by atoms with Crippen LogP contribution < -0.4 is 0 Å². The lowest BCUT2D eigenvalue weighted by atomic mass is 9.81. The molecule has 5 nitrogen and oxygen atoms in total. The Balaban J connectivity index is 1.34. The van der Waals surface area contributed by atoms with Crippen LogP contribution in [0.25, 0.3) is 0 Å². The van der Waals surface area contributed by atoms with Crippen LogP contribution >= 0.6 is 0 Å². The Morgan fingerprint density at radius 3 is 2.46 bits per heavy atom. The van der Waals surface area contributed by atoms with E-state index < -0.39 is 6.10 Å². The van der Waals surface area contributed by atoms with Gasteiger partial charge in [0, 0.05) is 0 Å². The van der Waals surface area contributed by atoms with Gasteiger partial charge in [0.1, 0.15) is 0 Å². The number of hydrogen-bond donors (Lipinski definition) is 1. The summed E-state index contributed by atoms with van der Waals surface area (Å²) in [7, 11) is 0. The first-order valence-electron chi connectivity index (χ1n) is 9.88. The highest BCUT2D eigenvalue weighted by Crippen LogP contribution is 2.38. The number of hydrogen-bond acceptors (Lipinski definition) is 4. The Morgan fingerprint density at radius 1 is 1.04 bits per heavy atom. The standard InChI is InChI=1S/C21H27NO4/c23-15(12-22-20(24)17-9-3-4-10-18(17)21(22)25)13-26-19-11-5-7-14-6-1-2-8-16(14)19/h1-2,6,8,15,17-19,23H,3-5,7,9-13H2/t15-,17-,18+,19+/m1/s1. The molecule has 4 atom stereocenters. The lowest BCUT2D eigenvalue weighted by molar-refractivity contribution is -0.142. The van der Waals surface area contributed by atoms with Crippen LogP contribution in [-0.2, 0) is 20.7 Å². The summed E-state index contributed by atoms with van der Waals surface area (Å²) in [5, 5.41) is 10.4. The second kappa shape index (κ2) is 7.49. The van der Waals surface area contributed by atoms with Crippen LogP contribution in [-0.4, -0.2) is 41.1 Å². The van der Waals surface area contributed by atoms with Gasteiger partial charge in [-0.15, -0.1) is 0 Å². The molecule has 2 amide bonds. The molecule has 1 aliphatic heterocycles. The predicted molar refractivity (Wildman–Crippen MR) is 96.2 cm³/mol. The summed E-state index contributed by atoms with van der Waals surface area (Å²) in [6.45, 7) is 0.199. The minimum atomic E-state index is -0.836. The molecular weight excluding hydrogens is 330 g/mol. The Kier molecular flexibility index (Phi) is 5.09. The summed E-state index contributed by atoms with van der Waals surface area (Å²) in [6, 6.07) is 8.27. The topological polar surface area (TPSA) is 66.8 Å². The van der Waals surface area contributed by atoms with Crippen molar-refractivity contribution in [3.8, 4) is 0 Å². The van der Waals surface area contributed by atoms with Gasteiger partial charge < -0.3 is 9.84 Å². The van der Waals surface area contributed by atoms with Crippen LogP contribution in [0.2, 0.25) is 0 Å². The first kappa shape index (κ1) is 17.7. The number of aliphatic hydroxyl groups is 1. The van der Waals surface area contributed by atoms with Crippen LogP contribution in [0.3, 0.4) is 0 Å². The van der Waals surface area contributed by atoms with Gasteiger partial charge in [-0.2, -0.15) is 0 Å². The van der Waals surface area contributed by atoms with E-state index in [-0.39, 0.29) is 42.9 Å². The molecule has 1 N–H and O–H groups in total. The Bertz CT molecular complexity index is 664. The van der Waals surface area contributed by atoms with Crippen molar-refractivity contribution in [2.45, 2.75) is 57.2 Å². The van der Waals surface area contributed by atoms with Crippen molar-refractivity contribution in [1.29, 1.82) is 0 Å². The van der Waals surface area contributed by atoms with Gasteiger partial charge in [-0.1, -0.05) is 37.1 Å². The van der Waals surface area contributed by atoms with Crippen LogP contribution in [0.5, 0.6) is 0 Å². The number of aryl methyl sites for hydroxylation is 1. The fraction of sp³-hybridized carbons (Fsp3) is 0.619. The second-order valence-electron chi connectivity index (χ2n) is 7.85. The van der Waals surface area contributed by atoms with Crippen molar-refractivity contribution >= 4 is 11.8 Å². The zero-order valence-corrected chi connectivity index (χ0v) is 15.1. The maximum Gasteiger partial charge on any atom is 0.233 e. The lowest BCUT2D eigenvalue weighted by Gasteiger charge is -2.27. The highest BCUT2D eigenvalue weighted by Gasteiger charge is 2.48. The minimum absolute atomic E-state index is 0.0119. The highest BCUT2D eigenvalue weighted by atomic mass is 16.5. The predicted octanol–water partition coefficient (Wildman–Crippen LogP) is 2.62. The minimum Gasteiger partial charge on any atom is -0.389 e. The van der Waals surface area contributed by atoms with E-state index in [0.29, 0.717) is 0 Å². The van der Waals surface area contributed by atoms with Crippen LogP contribution in [0.1, 0.15) is 55.8 Å². The molecule has 1 saturated carbocycles. The molecule has 0 bridgehead atoms. The maximum absolute atomic E-state index is 12.5. The molecule has 2 aliphatic carbocycles. The molecule has 2 fully saturated rings. The smallest absolute Gasteiger partial charge is 0.233 e. The third-order valence-corrected chi connectivity index (χ3v) is 6.13. The quantitative estimate of drug-likeness (QED) is 0.823. The van der Waals surface area contributed by atoms with E-state index in [0.717, 1.165) is 44.9 Å². The van der Waals surface area contributed by atoms with Crippen molar-refractivity contribution in [3.63, 3.8) is 0 Å². The molecule has 5 heteroatoms. The zero-order chi connectivity index (χ0) is 18.1. The first-order valence-corrected chi connectivity index (χ1v) is 9.88. The number of carbonyl (C=O) groups excluding carboxylic acids is 2. The van der Waals surface area contributed by atoms with E-state index >= 15 is 0 Å². The number of benzene rings is 1. The third kappa shape index (κ3) is 3.30. The number of carbonyl (C=O) groups is 2. The largest absolute Gasteiger partial charge is 0.389 e. The molecule has 0 unspecified atom stereocenters. The summed E-state index contributed by atoms with van der Waals surface area (Å²) in [6.07, 6.45) is 5.87. The zero-order valence-electron chi connectivity index (χ0n) is 15.1. The monoisotopic (exact) mass is 357 g/mol. The van der Waals surface area contributed by atoms with Crippen molar-refractivity contribution in [2.75, 3.05) is 13.2 Å². The Labute approximate surface area is 154 Å². The lowest BCUT2D eigenvalue weighted by Crippen LogP contribution is -2.39. The molecule has 26 heavy (non-hydrogen) atoms. The molecular formula is C21H27NO4. The molecule has 1 saturated heterocycles. The molecule has 4 rings (SSSR count). The molecule has 0 aromatic heterocycles. The third-order valence-electron chi connectivity index (χ3n) is 6.13. The van der Waals surface area contributed by atoms with Gasteiger partial charge in [0.25, 0.3) is 0 Å². The summed E-state index contributed by atoms with van der Waals surface area (Å²) in [5.41, 5.74) is 2.51. The van der Waals surface area contributed by atoms with E-state index in [9.17, 15) is 14.7 Å². The van der Waals surface area contributed by atoms with Crippen molar-refractivity contribution in [3.05, 3.63) is 35.4 Å². The van der Waals surface area contributed by atoms with E-state index in [1.165, 1.54) is 16.0 Å². The number of aliphatic hydroxyl groups excluding tert-OH is 1. The molecule has 140 valence electrons. The molecule has 1 heterocycles. The van der Waals surface area contributed by atoms with Gasteiger partial charge in [-0.05, 0) is 43.2 Å². The summed E-state index contributed by atoms with van der Waals surface area (Å²) >= 11 is 0. The summed E-state index contributed by atoms with van der Waals surface area (Å²) in [5.74, 6) is -0.507. The van der Waals surface area contributed by atoms with Crippen LogP contribution in [0, 0.1) is 11.8 Å². The number of amides is 2. The Hall–Kier alpha value is -1.72. The molecule has 0 spiro atoms. The summed E-state index contributed by atoms with van der Waals surface area (Å²) < 4.78 is 5.97. The molecule has 3 aliphatic rings. The van der Waals surface area contributed by atoms with E-state index in [2.05, 4.69) is 12.1 Å². The van der Waals surface area contributed by atoms with Crippen molar-refractivity contribution < 1.29 is 19.4 Å². The Morgan fingerprint density at radius 2 is 1.73 bits per heavy atom. The van der Waals surface area contributed by atoms with Crippen LogP contribution in [0.4, 0.5) is 0 Å². The van der Waals surface area contributed by atoms with Crippen LogP contribution in [0.15, 0.2) is 24.3 Å². The number of fused-ring (bicyclic) bond motifs is 2. The molecule has 1 aromatic carbocycles. The highest BCUT2D eigenvalue weighted by molar-refractivity contribution is 6.05. The summed E-state index contributed by atoms with van der Waals surface area (Å²) in [4.78, 5) is 26.3. The number of β-amino-alcohol motifs (C(OH)–C–C–N with tert-alkyl or cyclic N) is 1. The van der Waals surface area contributed by atoms with Gasteiger partial charge in [0.15, 0.2) is 0 Å². The second-order valence-corrected chi connectivity index (χ2v) is 7.85. The van der Waals surface area contributed by atoms with Gasteiger partial charge >= 0.3 is 0 Å². The number of nitrogens with zero attached hydrogens (tertiary/aromatic N) is 1. The molecule has 1 aromatic rings. The number of imide groups is 1. The normalized spacial score (nSPS) is 29.4. The average molecular weight is 357 g/mol. The number of ether oxygens (including phenoxy) is 1. The van der Waals surface area contributed by atoms with Gasteiger partial charge in [0.05, 0.1) is 37.2 Å². The van der Waals surface area contributed by atoms with E-state index in [4.69, 9.17) is 4.74 Å². The van der Waals surface area contributed by atoms with Crippen molar-refractivity contribution in [2.24, 2.45) is 11.8 Å². The number of likely N-dealkylation sites (tertiary alicyclic amines) is 1. The van der Waals surface area contributed by atoms with E-state index in [1.54, 1.807) is 0 Å². The first-order chi connectivity index (χ1) is 12.6. The van der Waals surface area contributed by atoms with Gasteiger partial charge in [-0.25, -0.2) is 0 Å². The fourth-order valence-corrected chi connectivity index (χ4v) is 4.78. The average Bonchev–Trinajstić information content (AvgIpc) is 2.91. The van der Waals surface area contributed by atoms with Gasteiger partial charge in [0.2, 0.25) is 11.8 Å².